The van der Waals surface area contributed by atoms with Gasteiger partial charge in [-0.05, 0) is 27.7 Å². The van der Waals surface area contributed by atoms with E-state index in [0.717, 1.165) is 39.2 Å². The van der Waals surface area contributed by atoms with Gasteiger partial charge in [0.2, 0.25) is 0 Å². The van der Waals surface area contributed by atoms with E-state index in [2.05, 4.69) is 0 Å². The molecule has 7 fully saturated rings. The lowest BCUT2D eigenvalue weighted by atomic mass is 9.88. The maximum Gasteiger partial charge on any atom is 0.359 e. The average molecular weight is 681 g/mol. The number of hydrogen-bond donors (Lipinski definition) is 0. The molecule has 0 aliphatic carbocycles. The van der Waals surface area contributed by atoms with E-state index in [1.165, 1.54) is 27.7 Å². The lowest BCUT2D eigenvalue weighted by Crippen LogP contribution is -2.82. The lowest BCUT2D eigenvalue weighted by molar-refractivity contribution is -0.226. The fourth-order valence-electron chi connectivity index (χ4n) is 8.13. The van der Waals surface area contributed by atoms with Gasteiger partial charge in [0.05, 0.1) is 26.4 Å². The first-order valence-corrected chi connectivity index (χ1v) is 15.2. The molecule has 0 bridgehead atoms. The van der Waals surface area contributed by atoms with Crippen LogP contribution in [-0.2, 0) is 47.6 Å². The zero-order valence-corrected chi connectivity index (χ0v) is 26.4. The Morgan fingerprint density at radius 1 is 0.458 bits per heavy atom. The number of urea groups is 4. The maximum absolute atomic E-state index is 14.5. The predicted molar refractivity (Wildman–Crippen MR) is 145 cm³/mol. The van der Waals surface area contributed by atoms with E-state index >= 15 is 0 Å². The molecule has 0 unspecified atom stereocenters. The Morgan fingerprint density at radius 2 is 0.667 bits per heavy atom. The molecule has 7 aliphatic heterocycles. The van der Waals surface area contributed by atoms with Crippen LogP contribution in [0, 0.1) is 0 Å². The standard InChI is InChI=1S/C26H32N8O14/c1-5-45-15(35)23-25(17(37)47-7-3)31-11-43-12-32(25)20(40)28(23)10-30-22(42)34-14-44-13-33-21(41)29(9-27(23)19(31)39)24(30,16(36)46-6-2)26(33,34)18(38)48-8-4/h5-14H2,1-4H3/t23-,24-,25+,26+. The number of nitrogens with zero attached hydrogens (tertiary/aromatic N) is 8. The number of esters is 4. The summed E-state index contributed by atoms with van der Waals surface area (Å²) in [5, 5.41) is 0. The van der Waals surface area contributed by atoms with Crippen LogP contribution >= 0.6 is 0 Å². The number of rotatable bonds is 8. The van der Waals surface area contributed by atoms with E-state index in [4.69, 9.17) is 28.4 Å². The molecular formula is C26H32N8O14. The van der Waals surface area contributed by atoms with Crippen molar-refractivity contribution in [2.45, 2.75) is 50.3 Å². The van der Waals surface area contributed by atoms with Crippen molar-refractivity contribution in [2.75, 3.05) is 66.7 Å². The smallest absolute Gasteiger partial charge is 0.359 e. The van der Waals surface area contributed by atoms with Crippen molar-refractivity contribution in [2.24, 2.45) is 0 Å². The van der Waals surface area contributed by atoms with Crippen LogP contribution in [-0.4, -0.2) is 177 Å². The van der Waals surface area contributed by atoms with Gasteiger partial charge in [-0.3, -0.25) is 39.2 Å². The van der Waals surface area contributed by atoms with Crippen LogP contribution in [0.2, 0.25) is 0 Å². The van der Waals surface area contributed by atoms with Gasteiger partial charge >= 0.3 is 48.0 Å². The summed E-state index contributed by atoms with van der Waals surface area (Å²) in [4.78, 5) is 122. The van der Waals surface area contributed by atoms with E-state index < -0.39 is 111 Å². The zero-order valence-electron chi connectivity index (χ0n) is 26.4. The second-order valence-electron chi connectivity index (χ2n) is 11.3. The van der Waals surface area contributed by atoms with Crippen molar-refractivity contribution < 1.29 is 66.8 Å². The highest BCUT2D eigenvalue weighted by molar-refractivity contribution is 6.12. The predicted octanol–water partition coefficient (Wildman–Crippen LogP) is -2.21. The van der Waals surface area contributed by atoms with Crippen molar-refractivity contribution in [1.82, 2.24) is 39.2 Å². The number of carbonyl (C=O) groups excluding carboxylic acids is 8. The highest BCUT2D eigenvalue weighted by Crippen LogP contribution is 2.60. The van der Waals surface area contributed by atoms with Crippen LogP contribution < -0.4 is 0 Å². The Labute approximate surface area is 271 Å². The van der Waals surface area contributed by atoms with Crippen LogP contribution in [0.15, 0.2) is 0 Å². The number of ether oxygens (including phenoxy) is 6. The van der Waals surface area contributed by atoms with Gasteiger partial charge < -0.3 is 28.4 Å². The Hall–Kier alpha value is -5.12. The van der Waals surface area contributed by atoms with E-state index in [1.807, 2.05) is 0 Å². The van der Waals surface area contributed by atoms with E-state index in [1.54, 1.807) is 0 Å². The molecule has 0 aromatic rings. The van der Waals surface area contributed by atoms with Gasteiger partial charge in [0.25, 0.3) is 22.7 Å². The van der Waals surface area contributed by atoms with Crippen LogP contribution in [0.1, 0.15) is 27.7 Å². The maximum atomic E-state index is 14.5. The van der Waals surface area contributed by atoms with Crippen molar-refractivity contribution in [3.05, 3.63) is 0 Å². The summed E-state index contributed by atoms with van der Waals surface area (Å²) in [6.45, 7) is 0.188. The fourth-order valence-corrected chi connectivity index (χ4v) is 8.13. The van der Waals surface area contributed by atoms with Crippen LogP contribution in [0.25, 0.3) is 0 Å². The van der Waals surface area contributed by atoms with Crippen molar-refractivity contribution in [3.63, 3.8) is 0 Å². The SMILES string of the molecule is CCOC(=O)[C@]12N3COCN1C(=O)N1CN4C(=O)N5COCN6C(=O)N(CN(C3=O)[C@]12C(=O)OCC)[C@@]4(C(=O)OCC)[C@@]65C(=O)OCC. The molecule has 0 radical (unpaired) electrons. The van der Waals surface area contributed by atoms with Crippen molar-refractivity contribution >= 4 is 48.0 Å². The molecule has 0 aromatic carbocycles. The second kappa shape index (κ2) is 10.2. The van der Waals surface area contributed by atoms with Gasteiger partial charge in [0, 0.05) is 0 Å². The number of hydrogen-bond acceptors (Lipinski definition) is 14. The van der Waals surface area contributed by atoms with Crippen LogP contribution in [0.5, 0.6) is 0 Å². The summed E-state index contributed by atoms with van der Waals surface area (Å²) in [5.74, 6) is -4.97. The quantitative estimate of drug-likeness (QED) is 0.196. The topological polar surface area (TPSA) is 218 Å². The van der Waals surface area contributed by atoms with Crippen LogP contribution in [0.4, 0.5) is 19.2 Å². The fraction of sp³-hybridized carbons (Fsp3) is 0.692. The minimum absolute atomic E-state index is 0.239. The Morgan fingerprint density at radius 3 is 0.875 bits per heavy atom. The normalized spacial score (nSPS) is 32.8. The third kappa shape index (κ3) is 2.93. The first-order valence-electron chi connectivity index (χ1n) is 15.2. The highest BCUT2D eigenvalue weighted by Gasteiger charge is 2.93. The summed E-state index contributed by atoms with van der Waals surface area (Å²) >= 11 is 0. The third-order valence-electron chi connectivity index (χ3n) is 9.63. The molecule has 7 saturated heterocycles. The highest BCUT2D eigenvalue weighted by atomic mass is 16.6. The van der Waals surface area contributed by atoms with E-state index in [9.17, 15) is 38.4 Å². The minimum Gasteiger partial charge on any atom is -0.463 e. The molecule has 7 rings (SSSR count). The van der Waals surface area contributed by atoms with Crippen LogP contribution in [0.3, 0.4) is 0 Å². The average Bonchev–Trinajstić information content (AvgIpc) is 3.61. The molecule has 0 saturated carbocycles. The Kier molecular flexibility index (Phi) is 6.68. The lowest BCUT2D eigenvalue weighted by Gasteiger charge is -2.51. The first-order chi connectivity index (χ1) is 23.0. The third-order valence-corrected chi connectivity index (χ3v) is 9.63. The molecule has 48 heavy (non-hydrogen) atoms. The molecule has 0 atom stereocenters. The summed E-state index contributed by atoms with van der Waals surface area (Å²) in [6.07, 6.45) is 0. The van der Waals surface area contributed by atoms with Gasteiger partial charge in [0.1, 0.15) is 40.3 Å². The molecule has 8 amide bonds. The van der Waals surface area contributed by atoms with Gasteiger partial charge in [-0.2, -0.15) is 0 Å². The van der Waals surface area contributed by atoms with Crippen molar-refractivity contribution in [1.29, 1.82) is 0 Å². The van der Waals surface area contributed by atoms with Gasteiger partial charge in [-0.1, -0.05) is 0 Å². The van der Waals surface area contributed by atoms with E-state index in [-0.39, 0.29) is 26.4 Å². The summed E-state index contributed by atoms with van der Waals surface area (Å²) in [7, 11) is 0. The van der Waals surface area contributed by atoms with Crippen molar-refractivity contribution in [3.8, 4) is 0 Å². The largest absolute Gasteiger partial charge is 0.463 e. The Bertz CT molecular complexity index is 1380. The second-order valence-corrected chi connectivity index (χ2v) is 11.3. The van der Waals surface area contributed by atoms with Gasteiger partial charge in [-0.25, -0.2) is 38.4 Å². The molecular weight excluding hydrogens is 648 g/mol. The molecule has 0 spiro atoms. The molecule has 7 aliphatic rings. The van der Waals surface area contributed by atoms with E-state index in [0.29, 0.717) is 0 Å². The summed E-state index contributed by atoms with van der Waals surface area (Å²) in [6, 6.07) is -4.42. The number of carbonyl (C=O) groups is 8. The molecule has 0 N–H and O–H groups in total. The first kappa shape index (κ1) is 31.5. The summed E-state index contributed by atoms with van der Waals surface area (Å²) in [5.41, 5.74) is -10.7. The number of amides is 8. The summed E-state index contributed by atoms with van der Waals surface area (Å²) < 4.78 is 32.7. The monoisotopic (exact) mass is 680 g/mol. The molecule has 22 heteroatoms. The Balaban J connectivity index is 1.57. The molecule has 7 heterocycles. The van der Waals surface area contributed by atoms with Gasteiger partial charge in [0.15, 0.2) is 0 Å². The molecule has 22 nitrogen and oxygen atoms in total. The van der Waals surface area contributed by atoms with Gasteiger partial charge in [-0.15, -0.1) is 0 Å². The molecule has 0 aromatic heterocycles. The minimum atomic E-state index is -2.76. The zero-order chi connectivity index (χ0) is 34.6. The molecule has 260 valence electrons.